The molecule has 11 rings (SSSR count). The molecule has 0 radical (unpaired) electrons. The molecule has 0 atom stereocenters. The lowest BCUT2D eigenvalue weighted by molar-refractivity contribution is 1.18. The standard InChI is InChI=1S/C52H35N3/c1-4-18-38(19-5-1)53(39-20-6-2-7-21-39)42-24-16-17-37(35-42)36-31-33-41(34-32-36)55-48-30-15-13-28-46(48)50-49-45-27-12-14-29-47(45)54(40-22-8-3-9-23-40)51(49)43-25-10-11-26-44(43)52(50)55/h1-35H. The first-order valence-electron chi connectivity index (χ1n) is 18.9. The van der Waals surface area contributed by atoms with Crippen LogP contribution >= 0.6 is 0 Å². The van der Waals surface area contributed by atoms with Crippen molar-refractivity contribution in [1.82, 2.24) is 9.13 Å². The summed E-state index contributed by atoms with van der Waals surface area (Å²) >= 11 is 0. The molecule has 0 aliphatic rings. The zero-order chi connectivity index (χ0) is 36.3. The molecule has 0 fully saturated rings. The van der Waals surface area contributed by atoms with E-state index in [2.05, 4.69) is 226 Å². The van der Waals surface area contributed by atoms with E-state index in [9.17, 15) is 0 Å². The van der Waals surface area contributed by atoms with Crippen LogP contribution in [0, 0.1) is 0 Å². The van der Waals surface area contributed by atoms with Crippen molar-refractivity contribution in [3.63, 3.8) is 0 Å². The van der Waals surface area contributed by atoms with E-state index in [0.717, 1.165) is 28.4 Å². The summed E-state index contributed by atoms with van der Waals surface area (Å²) in [7, 11) is 0. The number of nitrogens with zero attached hydrogens (tertiary/aromatic N) is 3. The molecule has 11 aromatic rings. The van der Waals surface area contributed by atoms with Gasteiger partial charge in [-0.3, -0.25) is 0 Å². The van der Waals surface area contributed by atoms with E-state index in [0.29, 0.717) is 0 Å². The van der Waals surface area contributed by atoms with Gasteiger partial charge in [-0.1, -0.05) is 140 Å². The largest absolute Gasteiger partial charge is 0.310 e. The first-order chi connectivity index (χ1) is 27.3. The van der Waals surface area contributed by atoms with Gasteiger partial charge in [0, 0.05) is 60.8 Å². The van der Waals surface area contributed by atoms with Crippen LogP contribution in [0.25, 0.3) is 76.9 Å². The van der Waals surface area contributed by atoms with Gasteiger partial charge >= 0.3 is 0 Å². The predicted octanol–water partition coefficient (Wildman–Crippen LogP) is 14.2. The Hall–Kier alpha value is -7.36. The van der Waals surface area contributed by atoms with E-state index in [1.54, 1.807) is 0 Å². The Kier molecular flexibility index (Phi) is 7.17. The van der Waals surface area contributed by atoms with Crippen LogP contribution in [0.2, 0.25) is 0 Å². The SMILES string of the molecule is c1ccc(N(c2ccccc2)c2cccc(-c3ccc(-n4c5ccccc5c5c6c7ccccc7n(-c7ccccc7)c6c6ccccc6c54)cc3)c2)cc1. The number of para-hydroxylation sites is 5. The average Bonchev–Trinajstić information content (AvgIpc) is 3.79. The summed E-state index contributed by atoms with van der Waals surface area (Å²) in [6.07, 6.45) is 0. The highest BCUT2D eigenvalue weighted by Crippen LogP contribution is 2.47. The van der Waals surface area contributed by atoms with Crippen molar-refractivity contribution in [3.8, 4) is 22.5 Å². The summed E-state index contributed by atoms with van der Waals surface area (Å²) in [5.74, 6) is 0. The second-order valence-corrected chi connectivity index (χ2v) is 14.1. The Bertz CT molecular complexity index is 3140. The van der Waals surface area contributed by atoms with Gasteiger partial charge in [0.05, 0.1) is 22.1 Å². The monoisotopic (exact) mass is 701 g/mol. The number of aromatic nitrogens is 2. The van der Waals surface area contributed by atoms with Gasteiger partial charge in [0.15, 0.2) is 0 Å². The van der Waals surface area contributed by atoms with Crippen LogP contribution in [0.3, 0.4) is 0 Å². The molecule has 0 spiro atoms. The van der Waals surface area contributed by atoms with E-state index in [-0.39, 0.29) is 0 Å². The van der Waals surface area contributed by atoms with Crippen molar-refractivity contribution in [2.45, 2.75) is 0 Å². The number of hydrogen-bond acceptors (Lipinski definition) is 1. The fraction of sp³-hybridized carbons (Fsp3) is 0. The van der Waals surface area contributed by atoms with Crippen LogP contribution in [0.1, 0.15) is 0 Å². The Balaban J connectivity index is 1.12. The fourth-order valence-corrected chi connectivity index (χ4v) is 8.73. The molecule has 9 aromatic carbocycles. The van der Waals surface area contributed by atoms with Crippen molar-refractivity contribution in [2.24, 2.45) is 0 Å². The summed E-state index contributed by atoms with van der Waals surface area (Å²) in [5.41, 5.74) is 12.9. The minimum absolute atomic E-state index is 1.12. The minimum Gasteiger partial charge on any atom is -0.310 e. The van der Waals surface area contributed by atoms with Gasteiger partial charge in [-0.15, -0.1) is 0 Å². The van der Waals surface area contributed by atoms with Crippen LogP contribution < -0.4 is 4.90 Å². The Labute approximate surface area is 319 Å². The lowest BCUT2D eigenvalue weighted by atomic mass is 9.99. The number of anilines is 3. The van der Waals surface area contributed by atoms with Crippen molar-refractivity contribution in [1.29, 1.82) is 0 Å². The highest BCUT2D eigenvalue weighted by atomic mass is 15.1. The molecular weight excluding hydrogens is 667 g/mol. The lowest BCUT2D eigenvalue weighted by Crippen LogP contribution is -2.09. The fourth-order valence-electron chi connectivity index (χ4n) is 8.73. The van der Waals surface area contributed by atoms with Crippen LogP contribution in [0.15, 0.2) is 212 Å². The molecule has 3 heteroatoms. The lowest BCUT2D eigenvalue weighted by Gasteiger charge is -2.26. The molecule has 0 N–H and O–H groups in total. The molecule has 0 saturated carbocycles. The third-order valence-corrected chi connectivity index (χ3v) is 11.0. The summed E-state index contributed by atoms with van der Waals surface area (Å²) in [6, 6.07) is 76.6. The highest BCUT2D eigenvalue weighted by molar-refractivity contribution is 6.37. The molecule has 0 aliphatic carbocycles. The molecule has 0 bridgehead atoms. The van der Waals surface area contributed by atoms with Crippen LogP contribution in [0.4, 0.5) is 17.1 Å². The summed E-state index contributed by atoms with van der Waals surface area (Å²) in [6.45, 7) is 0. The molecule has 55 heavy (non-hydrogen) atoms. The van der Waals surface area contributed by atoms with Gasteiger partial charge in [0.2, 0.25) is 0 Å². The van der Waals surface area contributed by atoms with Crippen molar-refractivity contribution < 1.29 is 0 Å². The topological polar surface area (TPSA) is 13.1 Å². The van der Waals surface area contributed by atoms with Crippen molar-refractivity contribution >= 4 is 71.4 Å². The second kappa shape index (κ2) is 12.6. The third kappa shape index (κ3) is 4.91. The highest BCUT2D eigenvalue weighted by Gasteiger charge is 2.24. The van der Waals surface area contributed by atoms with Crippen molar-refractivity contribution in [3.05, 3.63) is 212 Å². The number of benzene rings is 9. The number of rotatable bonds is 6. The maximum Gasteiger partial charge on any atom is 0.0627 e. The van der Waals surface area contributed by atoms with E-state index < -0.39 is 0 Å². The molecule has 3 nitrogen and oxygen atoms in total. The normalized spacial score (nSPS) is 11.6. The zero-order valence-corrected chi connectivity index (χ0v) is 30.0. The first-order valence-corrected chi connectivity index (χ1v) is 18.9. The molecule has 258 valence electrons. The summed E-state index contributed by atoms with van der Waals surface area (Å²) in [5, 5.41) is 7.56. The van der Waals surface area contributed by atoms with E-state index in [4.69, 9.17) is 0 Å². The maximum atomic E-state index is 2.48. The quantitative estimate of drug-likeness (QED) is 0.168. The second-order valence-electron chi connectivity index (χ2n) is 14.1. The van der Waals surface area contributed by atoms with Gasteiger partial charge in [-0.25, -0.2) is 0 Å². The van der Waals surface area contributed by atoms with Gasteiger partial charge in [-0.2, -0.15) is 0 Å². The van der Waals surface area contributed by atoms with E-state index >= 15 is 0 Å². The Morgan fingerprint density at radius 3 is 1.24 bits per heavy atom. The van der Waals surface area contributed by atoms with E-state index in [1.165, 1.54) is 65.5 Å². The third-order valence-electron chi connectivity index (χ3n) is 11.0. The maximum absolute atomic E-state index is 2.48. The van der Waals surface area contributed by atoms with Gasteiger partial charge in [0.25, 0.3) is 0 Å². The molecule has 0 aliphatic heterocycles. The van der Waals surface area contributed by atoms with Gasteiger partial charge < -0.3 is 14.0 Å². The number of fused-ring (bicyclic) bond motifs is 10. The summed E-state index contributed by atoms with van der Waals surface area (Å²) < 4.78 is 4.94. The molecule has 2 aromatic heterocycles. The number of hydrogen-bond donors (Lipinski definition) is 0. The molecule has 0 unspecified atom stereocenters. The molecule has 2 heterocycles. The van der Waals surface area contributed by atoms with Crippen molar-refractivity contribution in [2.75, 3.05) is 4.90 Å². The van der Waals surface area contributed by atoms with Gasteiger partial charge in [0.1, 0.15) is 0 Å². The van der Waals surface area contributed by atoms with Crippen LogP contribution in [-0.2, 0) is 0 Å². The summed E-state index contributed by atoms with van der Waals surface area (Å²) in [4.78, 5) is 2.32. The Morgan fingerprint density at radius 1 is 0.291 bits per heavy atom. The minimum atomic E-state index is 1.12. The Morgan fingerprint density at radius 2 is 0.709 bits per heavy atom. The predicted molar refractivity (Wildman–Crippen MR) is 233 cm³/mol. The molecular formula is C52H35N3. The average molecular weight is 702 g/mol. The molecule has 0 saturated heterocycles. The van der Waals surface area contributed by atoms with Crippen LogP contribution in [0.5, 0.6) is 0 Å². The zero-order valence-electron chi connectivity index (χ0n) is 30.0. The smallest absolute Gasteiger partial charge is 0.0627 e. The van der Waals surface area contributed by atoms with Gasteiger partial charge in [-0.05, 0) is 83.9 Å². The molecule has 0 amide bonds. The van der Waals surface area contributed by atoms with E-state index in [1.807, 2.05) is 0 Å². The first kappa shape index (κ1) is 31.2. The van der Waals surface area contributed by atoms with Crippen LogP contribution in [-0.4, -0.2) is 9.13 Å².